The minimum Gasteiger partial charge on any atom is -0.213 e. The van der Waals surface area contributed by atoms with E-state index in [2.05, 4.69) is 132 Å². The second kappa shape index (κ2) is 12.0. The van der Waals surface area contributed by atoms with Gasteiger partial charge in [-0.3, -0.25) is 0 Å². The molecular formula is C28H48FeP2. The Morgan fingerprint density at radius 3 is 0.968 bits per heavy atom. The summed E-state index contributed by atoms with van der Waals surface area (Å²) in [5, 5.41) is 1.74. The number of hydrogen-bond donors (Lipinski definition) is 0. The second-order valence-corrected chi connectivity index (χ2v) is 20.2. The third-order valence-corrected chi connectivity index (χ3v) is 13.2. The molecule has 0 radical (unpaired) electrons. The van der Waals surface area contributed by atoms with Crippen molar-refractivity contribution >= 4 is 15.8 Å². The van der Waals surface area contributed by atoms with E-state index in [9.17, 15) is 0 Å². The summed E-state index contributed by atoms with van der Waals surface area (Å²) in [6.45, 7) is 28.6. The Morgan fingerprint density at radius 1 is 0.548 bits per heavy atom. The predicted octanol–water partition coefficient (Wildman–Crippen LogP) is 9.97. The molecule has 0 bridgehead atoms. The maximum atomic E-state index is 2.38. The maximum absolute atomic E-state index is 2.38. The minimum atomic E-state index is 0. The van der Waals surface area contributed by atoms with Crippen LogP contribution in [0.2, 0.25) is 0 Å². The molecule has 2 aromatic carbocycles. The van der Waals surface area contributed by atoms with Crippen LogP contribution < -0.4 is 0 Å². The Labute approximate surface area is 208 Å². The molecule has 2 aromatic rings. The third-order valence-electron chi connectivity index (χ3n) is 5.38. The van der Waals surface area contributed by atoms with Crippen molar-refractivity contribution in [2.24, 2.45) is 0 Å². The van der Waals surface area contributed by atoms with Gasteiger partial charge in [-0.05, 0) is 32.9 Å². The number of rotatable bonds is 4. The first-order valence-corrected chi connectivity index (χ1v) is 14.4. The SMILES string of the molecule is CC(C)(C)P(Cc1ccc[cH-]1)C(C)(C)C.CC(C)(C)P(Cc1ccc[cH-]1)C(C)(C)C.[Fe+2]. The van der Waals surface area contributed by atoms with Crippen molar-refractivity contribution in [3.63, 3.8) is 0 Å². The molecule has 178 valence electrons. The molecule has 0 saturated heterocycles. The van der Waals surface area contributed by atoms with Gasteiger partial charge < -0.3 is 0 Å². The van der Waals surface area contributed by atoms with Crippen molar-refractivity contribution in [2.75, 3.05) is 0 Å². The summed E-state index contributed by atoms with van der Waals surface area (Å²) in [7, 11) is 0.0134. The van der Waals surface area contributed by atoms with E-state index in [-0.39, 0.29) is 32.9 Å². The van der Waals surface area contributed by atoms with Crippen LogP contribution in [0.15, 0.2) is 48.5 Å². The van der Waals surface area contributed by atoms with Crippen molar-refractivity contribution in [2.45, 2.75) is 116 Å². The molecule has 2 rings (SSSR count). The average molecular weight is 502 g/mol. The normalized spacial score (nSPS) is 13.1. The Hall–Kier alpha value is 0.0795. The van der Waals surface area contributed by atoms with Gasteiger partial charge >= 0.3 is 17.1 Å². The van der Waals surface area contributed by atoms with Gasteiger partial charge in [0.15, 0.2) is 0 Å². The van der Waals surface area contributed by atoms with E-state index in [0.717, 1.165) is 0 Å². The summed E-state index contributed by atoms with van der Waals surface area (Å²) in [6.07, 6.45) is 2.52. The van der Waals surface area contributed by atoms with Crippen LogP contribution in [0, 0.1) is 0 Å². The van der Waals surface area contributed by atoms with E-state index in [0.29, 0.717) is 20.6 Å². The molecule has 0 fully saturated rings. The summed E-state index contributed by atoms with van der Waals surface area (Å²) in [5.41, 5.74) is 3.01. The molecule has 0 amide bonds. The molecule has 0 aromatic heterocycles. The van der Waals surface area contributed by atoms with E-state index < -0.39 is 0 Å². The summed E-state index contributed by atoms with van der Waals surface area (Å²) in [5.74, 6) is 0. The van der Waals surface area contributed by atoms with Gasteiger partial charge in [0, 0.05) is 0 Å². The first kappa shape index (κ1) is 31.1. The van der Waals surface area contributed by atoms with E-state index in [1.807, 2.05) is 0 Å². The van der Waals surface area contributed by atoms with Crippen LogP contribution in [0.5, 0.6) is 0 Å². The molecule has 0 saturated carbocycles. The maximum Gasteiger partial charge on any atom is 2.00 e. The molecule has 31 heavy (non-hydrogen) atoms. The van der Waals surface area contributed by atoms with Crippen molar-refractivity contribution in [3.8, 4) is 0 Å². The van der Waals surface area contributed by atoms with E-state index >= 15 is 0 Å². The van der Waals surface area contributed by atoms with Crippen LogP contribution in [0.25, 0.3) is 0 Å². The Kier molecular flexibility index (Phi) is 12.0. The first-order valence-electron chi connectivity index (χ1n) is 11.4. The van der Waals surface area contributed by atoms with Crippen LogP contribution in [0.1, 0.15) is 94.2 Å². The van der Waals surface area contributed by atoms with Crippen molar-refractivity contribution in [3.05, 3.63) is 59.7 Å². The van der Waals surface area contributed by atoms with Gasteiger partial charge in [0.05, 0.1) is 0 Å². The van der Waals surface area contributed by atoms with Gasteiger partial charge in [-0.1, -0.05) is 98.9 Å². The van der Waals surface area contributed by atoms with Crippen LogP contribution in [-0.4, -0.2) is 20.6 Å². The molecule has 0 N–H and O–H groups in total. The van der Waals surface area contributed by atoms with Crippen molar-refractivity contribution < 1.29 is 17.1 Å². The minimum absolute atomic E-state index is 0. The molecule has 0 heterocycles. The zero-order valence-corrected chi connectivity index (χ0v) is 25.2. The van der Waals surface area contributed by atoms with Gasteiger partial charge in [0.25, 0.3) is 0 Å². The Bertz CT molecular complexity index is 607. The van der Waals surface area contributed by atoms with E-state index in [4.69, 9.17) is 0 Å². The third kappa shape index (κ3) is 11.2. The van der Waals surface area contributed by atoms with Gasteiger partial charge in [-0.25, -0.2) is 24.3 Å². The second-order valence-electron chi connectivity index (χ2n) is 12.4. The predicted molar refractivity (Wildman–Crippen MR) is 144 cm³/mol. The Morgan fingerprint density at radius 2 is 0.806 bits per heavy atom. The summed E-state index contributed by atoms with van der Waals surface area (Å²) >= 11 is 0. The standard InChI is InChI=1S/2C14H24P.Fe/c2*1-13(2,3)15(14(4,5)6)11-12-9-7-8-10-12;/h2*7-10H,11H2,1-6H3;/q2*-1;+2. The van der Waals surface area contributed by atoms with Gasteiger partial charge in [-0.15, -0.1) is 0 Å². The van der Waals surface area contributed by atoms with Crippen molar-refractivity contribution in [1.29, 1.82) is 0 Å². The average Bonchev–Trinajstić information content (AvgIpc) is 3.20. The van der Waals surface area contributed by atoms with Crippen molar-refractivity contribution in [1.82, 2.24) is 0 Å². The topological polar surface area (TPSA) is 0 Å². The zero-order valence-electron chi connectivity index (χ0n) is 22.3. The summed E-state index contributed by atoms with van der Waals surface area (Å²) in [6, 6.07) is 17.6. The van der Waals surface area contributed by atoms with Crippen LogP contribution in [0.4, 0.5) is 0 Å². The molecule has 0 unspecified atom stereocenters. The first-order chi connectivity index (χ1) is 13.4. The smallest absolute Gasteiger partial charge is 0.213 e. The van der Waals surface area contributed by atoms with Crippen LogP contribution in [-0.2, 0) is 29.4 Å². The van der Waals surface area contributed by atoms with Gasteiger partial charge in [0.2, 0.25) is 0 Å². The Balaban J connectivity index is 0.000000562. The summed E-state index contributed by atoms with van der Waals surface area (Å²) < 4.78 is 0. The van der Waals surface area contributed by atoms with E-state index in [1.165, 1.54) is 23.5 Å². The fourth-order valence-electron chi connectivity index (χ4n) is 4.36. The van der Waals surface area contributed by atoms with Gasteiger partial charge in [0.1, 0.15) is 0 Å². The largest absolute Gasteiger partial charge is 2.00 e. The molecule has 0 spiro atoms. The fraction of sp³-hybridized carbons (Fsp3) is 0.643. The molecular weight excluding hydrogens is 454 g/mol. The molecule has 0 nitrogen and oxygen atoms in total. The quantitative estimate of drug-likeness (QED) is 0.222. The fourth-order valence-corrected chi connectivity index (χ4v) is 11.4. The monoisotopic (exact) mass is 502 g/mol. The molecule has 0 atom stereocenters. The number of hydrogen-bond acceptors (Lipinski definition) is 0. The zero-order chi connectivity index (χ0) is 23.4. The molecule has 3 heteroatoms. The van der Waals surface area contributed by atoms with Crippen LogP contribution >= 0.6 is 15.8 Å². The molecule has 0 aliphatic carbocycles. The van der Waals surface area contributed by atoms with Crippen LogP contribution in [0.3, 0.4) is 0 Å². The van der Waals surface area contributed by atoms with E-state index in [1.54, 1.807) is 0 Å². The summed E-state index contributed by atoms with van der Waals surface area (Å²) in [4.78, 5) is 0. The van der Waals surface area contributed by atoms with Gasteiger partial charge in [-0.2, -0.15) is 35.4 Å². The molecule has 0 aliphatic heterocycles. The molecule has 0 aliphatic rings.